The van der Waals surface area contributed by atoms with Crippen molar-refractivity contribution in [2.24, 2.45) is 0 Å². The smallest absolute Gasteiger partial charge is 0.149 e. The maximum atomic E-state index is 9.35. The van der Waals surface area contributed by atoms with Gasteiger partial charge in [0.05, 0.1) is 11.1 Å². The van der Waals surface area contributed by atoms with Gasteiger partial charge < -0.3 is 5.32 Å². The van der Waals surface area contributed by atoms with Gasteiger partial charge in [-0.25, -0.2) is 4.98 Å². The normalized spacial score (nSPS) is 10.3. The lowest BCUT2D eigenvalue weighted by atomic mass is 10.1. The van der Waals surface area contributed by atoms with Crippen LogP contribution in [0.15, 0.2) is 48.5 Å². The Hall–Kier alpha value is -2.86. The average molecular weight is 273 g/mol. The summed E-state index contributed by atoms with van der Waals surface area (Å²) < 4.78 is 0. The minimum atomic E-state index is 0.551. The van der Waals surface area contributed by atoms with E-state index in [1.807, 2.05) is 42.5 Å². The van der Waals surface area contributed by atoms with Crippen LogP contribution in [0.1, 0.15) is 16.7 Å². The number of nitrogens with one attached hydrogen (secondary N) is 1. The minimum Gasteiger partial charge on any atom is -0.339 e. The van der Waals surface area contributed by atoms with Gasteiger partial charge in [-0.2, -0.15) is 5.26 Å². The predicted octanol–water partition coefficient (Wildman–Crippen LogP) is 4.47. The molecule has 0 atom stereocenters. The second-order valence-electron chi connectivity index (χ2n) is 5.06. The van der Waals surface area contributed by atoms with Crippen LogP contribution in [0, 0.1) is 25.2 Å². The minimum absolute atomic E-state index is 0.551. The molecule has 0 aliphatic rings. The van der Waals surface area contributed by atoms with Crippen molar-refractivity contribution in [3.8, 4) is 6.07 Å². The molecule has 3 aromatic rings. The van der Waals surface area contributed by atoms with Crippen LogP contribution in [-0.4, -0.2) is 4.98 Å². The summed E-state index contributed by atoms with van der Waals surface area (Å²) in [5.41, 5.74) is 4.78. The number of pyridine rings is 1. The van der Waals surface area contributed by atoms with Gasteiger partial charge in [0.15, 0.2) is 0 Å². The molecule has 0 unspecified atom stereocenters. The second-order valence-corrected chi connectivity index (χ2v) is 5.06. The van der Waals surface area contributed by atoms with Gasteiger partial charge in [-0.05, 0) is 43.2 Å². The van der Waals surface area contributed by atoms with Crippen molar-refractivity contribution in [1.82, 2.24) is 4.98 Å². The zero-order chi connectivity index (χ0) is 14.8. The van der Waals surface area contributed by atoms with Gasteiger partial charge in [0, 0.05) is 11.1 Å². The van der Waals surface area contributed by atoms with E-state index >= 15 is 0 Å². The van der Waals surface area contributed by atoms with Crippen molar-refractivity contribution in [2.75, 3.05) is 5.32 Å². The number of aryl methyl sites for hydroxylation is 1. The van der Waals surface area contributed by atoms with E-state index in [0.29, 0.717) is 11.4 Å². The molecule has 102 valence electrons. The Morgan fingerprint density at radius 1 is 1.05 bits per heavy atom. The van der Waals surface area contributed by atoms with Gasteiger partial charge in [0.2, 0.25) is 0 Å². The van der Waals surface area contributed by atoms with Crippen molar-refractivity contribution >= 4 is 22.4 Å². The van der Waals surface area contributed by atoms with Crippen molar-refractivity contribution in [1.29, 1.82) is 5.26 Å². The lowest BCUT2D eigenvalue weighted by Gasteiger charge is -2.12. The summed E-state index contributed by atoms with van der Waals surface area (Å²) in [6.45, 7) is 4.13. The highest BCUT2D eigenvalue weighted by Crippen LogP contribution is 2.26. The van der Waals surface area contributed by atoms with E-state index in [1.54, 1.807) is 0 Å². The van der Waals surface area contributed by atoms with Gasteiger partial charge in [-0.1, -0.05) is 30.3 Å². The van der Waals surface area contributed by atoms with Crippen LogP contribution >= 0.6 is 0 Å². The highest BCUT2D eigenvalue weighted by molar-refractivity contribution is 5.84. The van der Waals surface area contributed by atoms with E-state index < -0.39 is 0 Å². The van der Waals surface area contributed by atoms with Crippen molar-refractivity contribution in [3.63, 3.8) is 0 Å². The van der Waals surface area contributed by atoms with Crippen LogP contribution in [0.3, 0.4) is 0 Å². The van der Waals surface area contributed by atoms with Gasteiger partial charge >= 0.3 is 0 Å². The summed E-state index contributed by atoms with van der Waals surface area (Å²) in [4.78, 5) is 4.58. The first kappa shape index (κ1) is 13.1. The molecule has 1 aromatic heterocycles. The Balaban J connectivity index is 2.11. The van der Waals surface area contributed by atoms with Gasteiger partial charge in [0.1, 0.15) is 11.9 Å². The van der Waals surface area contributed by atoms with Crippen LogP contribution in [0.5, 0.6) is 0 Å². The van der Waals surface area contributed by atoms with Gasteiger partial charge in [0.25, 0.3) is 0 Å². The molecule has 0 radical (unpaired) electrons. The van der Waals surface area contributed by atoms with Crippen molar-refractivity contribution in [3.05, 3.63) is 65.2 Å². The molecule has 3 nitrogen and oxygen atoms in total. The number of aromatic nitrogens is 1. The lowest BCUT2D eigenvalue weighted by Crippen LogP contribution is -2.00. The molecule has 1 heterocycles. The molecule has 0 bridgehead atoms. The summed E-state index contributed by atoms with van der Waals surface area (Å²) in [6.07, 6.45) is 0. The number of benzene rings is 2. The SMILES string of the molecule is Cc1cccc(Nc2nc3ccccc3cc2C#N)c1C. The van der Waals surface area contributed by atoms with Crippen LogP contribution in [0.25, 0.3) is 10.9 Å². The second kappa shape index (κ2) is 5.26. The fraction of sp³-hybridized carbons (Fsp3) is 0.111. The number of anilines is 2. The highest BCUT2D eigenvalue weighted by atomic mass is 15.0. The van der Waals surface area contributed by atoms with E-state index in [2.05, 4.69) is 36.3 Å². The number of rotatable bonds is 2. The molecule has 0 fully saturated rings. The van der Waals surface area contributed by atoms with Gasteiger partial charge in [-0.3, -0.25) is 0 Å². The third-order valence-corrected chi connectivity index (χ3v) is 3.70. The molecule has 3 heteroatoms. The summed E-state index contributed by atoms with van der Waals surface area (Å²) in [5.74, 6) is 0.602. The molecular formula is C18H15N3. The number of nitriles is 1. The third-order valence-electron chi connectivity index (χ3n) is 3.70. The molecule has 2 aromatic carbocycles. The van der Waals surface area contributed by atoms with Crippen LogP contribution in [-0.2, 0) is 0 Å². The summed E-state index contributed by atoms with van der Waals surface area (Å²) in [5, 5.41) is 13.6. The molecule has 1 N–H and O–H groups in total. The van der Waals surface area contributed by atoms with Crippen LogP contribution in [0.2, 0.25) is 0 Å². The molecule has 0 amide bonds. The first-order chi connectivity index (χ1) is 10.2. The molecule has 0 aliphatic carbocycles. The van der Waals surface area contributed by atoms with E-state index in [-0.39, 0.29) is 0 Å². The summed E-state index contributed by atoms with van der Waals surface area (Å²) in [6, 6.07) is 18.0. The zero-order valence-corrected chi connectivity index (χ0v) is 12.0. The van der Waals surface area contributed by atoms with E-state index in [1.165, 1.54) is 5.56 Å². The Morgan fingerprint density at radius 3 is 2.67 bits per heavy atom. The van der Waals surface area contributed by atoms with Crippen molar-refractivity contribution < 1.29 is 0 Å². The first-order valence-electron chi connectivity index (χ1n) is 6.82. The van der Waals surface area contributed by atoms with Crippen LogP contribution in [0.4, 0.5) is 11.5 Å². The number of hydrogen-bond acceptors (Lipinski definition) is 3. The fourth-order valence-electron chi connectivity index (χ4n) is 2.31. The summed E-state index contributed by atoms with van der Waals surface area (Å²) in [7, 11) is 0. The predicted molar refractivity (Wildman–Crippen MR) is 85.7 cm³/mol. The Bertz CT molecular complexity index is 860. The Morgan fingerprint density at radius 2 is 1.86 bits per heavy atom. The van der Waals surface area contributed by atoms with Crippen LogP contribution < -0.4 is 5.32 Å². The van der Waals surface area contributed by atoms with Gasteiger partial charge in [-0.15, -0.1) is 0 Å². The summed E-state index contributed by atoms with van der Waals surface area (Å²) >= 11 is 0. The molecule has 21 heavy (non-hydrogen) atoms. The fourth-order valence-corrected chi connectivity index (χ4v) is 2.31. The highest BCUT2D eigenvalue weighted by Gasteiger charge is 2.08. The molecule has 0 saturated heterocycles. The van der Waals surface area contributed by atoms with E-state index in [4.69, 9.17) is 0 Å². The maximum Gasteiger partial charge on any atom is 0.149 e. The topological polar surface area (TPSA) is 48.7 Å². The first-order valence-corrected chi connectivity index (χ1v) is 6.82. The van der Waals surface area contributed by atoms with E-state index in [9.17, 15) is 5.26 Å². The number of fused-ring (bicyclic) bond motifs is 1. The Labute approximate surface area is 123 Å². The number of hydrogen-bond donors (Lipinski definition) is 1. The van der Waals surface area contributed by atoms with E-state index in [0.717, 1.165) is 22.2 Å². The molecule has 0 spiro atoms. The largest absolute Gasteiger partial charge is 0.339 e. The monoisotopic (exact) mass is 273 g/mol. The average Bonchev–Trinajstić information content (AvgIpc) is 2.51. The number of nitrogens with zero attached hydrogens (tertiary/aromatic N) is 2. The van der Waals surface area contributed by atoms with Crippen molar-refractivity contribution in [2.45, 2.75) is 13.8 Å². The number of para-hydroxylation sites is 1. The molecule has 0 aliphatic heterocycles. The maximum absolute atomic E-state index is 9.35. The zero-order valence-electron chi connectivity index (χ0n) is 12.0. The molecule has 3 rings (SSSR count). The standard InChI is InChI=1S/C18H15N3/c1-12-6-5-9-16(13(12)2)20-18-15(11-19)10-14-7-3-4-8-17(14)21-18/h3-10H,1-2H3,(H,20,21). The lowest BCUT2D eigenvalue weighted by molar-refractivity contribution is 1.29. The third kappa shape index (κ3) is 2.44. The quantitative estimate of drug-likeness (QED) is 0.749. The molecule has 0 saturated carbocycles. The Kier molecular flexibility index (Phi) is 3.29. The molecular weight excluding hydrogens is 258 g/mol.